The van der Waals surface area contributed by atoms with Crippen molar-refractivity contribution in [2.24, 2.45) is 5.92 Å². The maximum atomic E-state index is 12.6. The van der Waals surface area contributed by atoms with Gasteiger partial charge in [-0.3, -0.25) is 9.69 Å². The first-order chi connectivity index (χ1) is 14.2. The molecule has 0 amide bonds. The number of nitrogens with one attached hydrogen (secondary N) is 1. The van der Waals surface area contributed by atoms with E-state index in [1.54, 1.807) is 18.4 Å². The first kappa shape index (κ1) is 18.2. The molecule has 5 heterocycles. The Balaban J connectivity index is 1.28. The number of rotatable bonds is 4. The minimum Gasteiger partial charge on any atom is -0.461 e. The summed E-state index contributed by atoms with van der Waals surface area (Å²) in [7, 11) is 0. The van der Waals surface area contributed by atoms with Gasteiger partial charge in [0.25, 0.3) is 5.56 Å². The average molecular weight is 394 g/mol. The summed E-state index contributed by atoms with van der Waals surface area (Å²) in [6.07, 6.45) is 4.76. The molecule has 0 saturated carbocycles. The fourth-order valence-electron chi connectivity index (χ4n) is 4.22. The monoisotopic (exact) mass is 394 g/mol. The number of hydrogen-bond donors (Lipinski definition) is 1. The molecule has 1 saturated heterocycles. The zero-order valence-electron chi connectivity index (χ0n) is 16.7. The van der Waals surface area contributed by atoms with Crippen LogP contribution in [0.5, 0.6) is 0 Å². The van der Waals surface area contributed by atoms with Crippen molar-refractivity contribution in [1.82, 2.24) is 14.9 Å². The molecule has 2 aliphatic rings. The third-order valence-electron chi connectivity index (χ3n) is 6.02. The molecule has 0 aromatic carbocycles. The van der Waals surface area contributed by atoms with Gasteiger partial charge in [-0.05, 0) is 37.0 Å². The lowest BCUT2D eigenvalue weighted by Crippen LogP contribution is -2.35. The summed E-state index contributed by atoms with van der Waals surface area (Å²) in [6.45, 7) is 6.55. The molecule has 1 N–H and O–H groups in total. The first-order valence-electron chi connectivity index (χ1n) is 10.4. The third-order valence-corrected chi connectivity index (χ3v) is 6.02. The van der Waals surface area contributed by atoms with Gasteiger partial charge in [-0.2, -0.15) is 0 Å². The normalized spacial score (nSPS) is 18.2. The summed E-state index contributed by atoms with van der Waals surface area (Å²) in [5, 5.41) is 0. The molecular weight excluding hydrogens is 368 g/mol. The van der Waals surface area contributed by atoms with Crippen LogP contribution in [-0.4, -0.2) is 34.5 Å². The Morgan fingerprint density at radius 3 is 2.86 bits per heavy atom. The van der Waals surface area contributed by atoms with E-state index in [0.717, 1.165) is 54.9 Å². The molecule has 0 radical (unpaired) electrons. The second-order valence-electron chi connectivity index (χ2n) is 8.19. The Morgan fingerprint density at radius 2 is 2.07 bits per heavy atom. The lowest BCUT2D eigenvalue weighted by atomic mass is 9.99. The molecule has 0 atom stereocenters. The van der Waals surface area contributed by atoms with Crippen molar-refractivity contribution >= 4 is 5.88 Å². The number of piperidine rings is 1. The van der Waals surface area contributed by atoms with Crippen molar-refractivity contribution in [3.05, 3.63) is 57.9 Å². The van der Waals surface area contributed by atoms with Gasteiger partial charge in [0.2, 0.25) is 0 Å². The van der Waals surface area contributed by atoms with Crippen LogP contribution in [0.3, 0.4) is 0 Å². The standard InChI is InChI=1S/C22H26N4O3/c1-15-6-10-26(11-7-15)20-5-4-16(29-20)13-25-9-8-18-17(14-25)22(27)24-21(23-18)19-3-2-12-28-19/h2-5,12,15H,6-11,13-14H2,1H3,(H,23,24,27). The van der Waals surface area contributed by atoms with Crippen LogP contribution in [0.1, 0.15) is 36.8 Å². The van der Waals surface area contributed by atoms with Gasteiger partial charge in [0.05, 0.1) is 24.1 Å². The number of H-pyrrole nitrogens is 1. The topological polar surface area (TPSA) is 78.5 Å². The number of furan rings is 2. The fraction of sp³-hybridized carbons (Fsp3) is 0.455. The van der Waals surface area contributed by atoms with Gasteiger partial charge in [-0.15, -0.1) is 0 Å². The van der Waals surface area contributed by atoms with Crippen molar-refractivity contribution in [3.8, 4) is 11.6 Å². The summed E-state index contributed by atoms with van der Waals surface area (Å²) < 4.78 is 11.5. The maximum absolute atomic E-state index is 12.6. The SMILES string of the molecule is CC1CCN(c2ccc(CN3CCc4nc(-c5ccco5)[nH]c(=O)c4C3)o2)CC1. The molecule has 7 nitrogen and oxygen atoms in total. The smallest absolute Gasteiger partial charge is 0.256 e. The van der Waals surface area contributed by atoms with Gasteiger partial charge in [0.1, 0.15) is 5.76 Å². The van der Waals surface area contributed by atoms with E-state index >= 15 is 0 Å². The zero-order valence-corrected chi connectivity index (χ0v) is 16.7. The highest BCUT2D eigenvalue weighted by Crippen LogP contribution is 2.26. The van der Waals surface area contributed by atoms with Gasteiger partial charge in [0.15, 0.2) is 17.5 Å². The van der Waals surface area contributed by atoms with Crippen LogP contribution in [-0.2, 0) is 19.5 Å². The lowest BCUT2D eigenvalue weighted by Gasteiger charge is -2.30. The van der Waals surface area contributed by atoms with Crippen LogP contribution < -0.4 is 10.5 Å². The molecular formula is C22H26N4O3. The van der Waals surface area contributed by atoms with Crippen molar-refractivity contribution in [2.45, 2.75) is 39.3 Å². The first-order valence-corrected chi connectivity index (χ1v) is 10.4. The molecule has 0 bridgehead atoms. The molecule has 0 aliphatic carbocycles. The van der Waals surface area contributed by atoms with Gasteiger partial charge in [-0.1, -0.05) is 6.92 Å². The van der Waals surface area contributed by atoms with E-state index in [1.807, 2.05) is 0 Å². The molecule has 29 heavy (non-hydrogen) atoms. The minimum absolute atomic E-state index is 0.0892. The predicted octanol–water partition coefficient (Wildman–Crippen LogP) is 3.42. The number of hydrogen-bond acceptors (Lipinski definition) is 6. The number of aromatic amines is 1. The van der Waals surface area contributed by atoms with E-state index < -0.39 is 0 Å². The summed E-state index contributed by atoms with van der Waals surface area (Å²) >= 11 is 0. The zero-order chi connectivity index (χ0) is 19.8. The van der Waals surface area contributed by atoms with Crippen molar-refractivity contribution in [2.75, 3.05) is 24.5 Å². The van der Waals surface area contributed by atoms with Crippen LogP contribution >= 0.6 is 0 Å². The molecule has 3 aromatic rings. The quantitative estimate of drug-likeness (QED) is 0.731. The highest BCUT2D eigenvalue weighted by atomic mass is 16.4. The molecule has 2 aliphatic heterocycles. The van der Waals surface area contributed by atoms with Crippen molar-refractivity contribution in [1.29, 1.82) is 0 Å². The Kier molecular flexibility index (Phi) is 4.75. The Labute approximate surface area is 169 Å². The second kappa shape index (κ2) is 7.55. The molecule has 1 fully saturated rings. The molecule has 3 aromatic heterocycles. The molecule has 152 valence electrons. The minimum atomic E-state index is -0.0892. The summed E-state index contributed by atoms with van der Waals surface area (Å²) in [4.78, 5) is 24.7. The van der Waals surface area contributed by atoms with Crippen LogP contribution in [0.4, 0.5) is 5.88 Å². The second-order valence-corrected chi connectivity index (χ2v) is 8.19. The highest BCUT2D eigenvalue weighted by Gasteiger charge is 2.24. The Bertz CT molecular complexity index is 1030. The Morgan fingerprint density at radius 1 is 1.21 bits per heavy atom. The summed E-state index contributed by atoms with van der Waals surface area (Å²) in [5.74, 6) is 3.79. The number of nitrogens with zero attached hydrogens (tertiary/aromatic N) is 3. The van der Waals surface area contributed by atoms with Gasteiger partial charge in [0, 0.05) is 38.7 Å². The van der Waals surface area contributed by atoms with E-state index in [-0.39, 0.29) is 5.56 Å². The summed E-state index contributed by atoms with van der Waals surface area (Å²) in [6, 6.07) is 7.73. The largest absolute Gasteiger partial charge is 0.461 e. The number of fused-ring (bicyclic) bond motifs is 1. The molecule has 5 rings (SSSR count). The molecule has 0 spiro atoms. The highest BCUT2D eigenvalue weighted by molar-refractivity contribution is 5.47. The van der Waals surface area contributed by atoms with E-state index in [9.17, 15) is 4.79 Å². The maximum Gasteiger partial charge on any atom is 0.256 e. The van der Waals surface area contributed by atoms with Crippen LogP contribution in [0, 0.1) is 5.92 Å². The van der Waals surface area contributed by atoms with Gasteiger partial charge >= 0.3 is 0 Å². The summed E-state index contributed by atoms with van der Waals surface area (Å²) in [5.41, 5.74) is 1.51. The average Bonchev–Trinajstić information content (AvgIpc) is 3.41. The lowest BCUT2D eigenvalue weighted by molar-refractivity contribution is 0.222. The van der Waals surface area contributed by atoms with Crippen LogP contribution in [0.25, 0.3) is 11.6 Å². The van der Waals surface area contributed by atoms with E-state index in [0.29, 0.717) is 24.7 Å². The van der Waals surface area contributed by atoms with Gasteiger partial charge in [-0.25, -0.2) is 4.98 Å². The van der Waals surface area contributed by atoms with Crippen molar-refractivity contribution < 1.29 is 8.83 Å². The number of anilines is 1. The van der Waals surface area contributed by atoms with Gasteiger partial charge < -0.3 is 18.7 Å². The van der Waals surface area contributed by atoms with Crippen LogP contribution in [0.2, 0.25) is 0 Å². The predicted molar refractivity (Wildman–Crippen MR) is 110 cm³/mol. The van der Waals surface area contributed by atoms with E-state index in [1.165, 1.54) is 12.8 Å². The molecule has 7 heteroatoms. The Hall–Kier alpha value is -2.80. The molecule has 0 unspecified atom stereocenters. The van der Waals surface area contributed by atoms with Crippen molar-refractivity contribution in [3.63, 3.8) is 0 Å². The third kappa shape index (κ3) is 3.74. The number of aromatic nitrogens is 2. The van der Waals surface area contributed by atoms with E-state index in [2.05, 4.69) is 38.8 Å². The van der Waals surface area contributed by atoms with Crippen LogP contribution in [0.15, 0.2) is 44.2 Å². The fourth-order valence-corrected chi connectivity index (χ4v) is 4.22. The van der Waals surface area contributed by atoms with E-state index in [4.69, 9.17) is 8.83 Å².